The Morgan fingerprint density at radius 3 is 2.17 bits per heavy atom. The minimum atomic E-state index is -3.52. The van der Waals surface area contributed by atoms with Crippen molar-refractivity contribution < 1.29 is 22.7 Å². The van der Waals surface area contributed by atoms with E-state index in [9.17, 15) is 18.0 Å². The fraction of sp³-hybridized carbons (Fsp3) is 0.500. The first-order valence-corrected chi connectivity index (χ1v) is 9.34. The fourth-order valence-electron chi connectivity index (χ4n) is 2.04. The summed E-state index contributed by atoms with van der Waals surface area (Å²) in [6.45, 7) is 5.80. The molecule has 0 saturated carbocycles. The van der Waals surface area contributed by atoms with E-state index in [1.165, 1.54) is 28.6 Å². The molecule has 0 fully saturated rings. The zero-order valence-electron chi connectivity index (χ0n) is 14.2. The molecule has 0 saturated heterocycles. The summed E-state index contributed by atoms with van der Waals surface area (Å²) in [4.78, 5) is 23.1. The van der Waals surface area contributed by atoms with E-state index in [0.29, 0.717) is 25.2 Å². The SMILES string of the molecule is CCCC(=O)OCC(=O)Nc1ccc(S(=O)(=O)N(CC)CC)cc1. The number of esters is 1. The molecular weight excluding hydrogens is 332 g/mol. The lowest BCUT2D eigenvalue weighted by molar-refractivity contribution is -0.147. The van der Waals surface area contributed by atoms with Gasteiger partial charge in [-0.1, -0.05) is 20.8 Å². The predicted octanol–water partition coefficient (Wildman–Crippen LogP) is 2.00. The van der Waals surface area contributed by atoms with Crippen molar-refractivity contribution in [3.63, 3.8) is 0 Å². The lowest BCUT2D eigenvalue weighted by atomic mass is 10.3. The molecule has 1 amide bonds. The van der Waals surface area contributed by atoms with Crippen LogP contribution in [-0.2, 0) is 24.3 Å². The number of ether oxygens (including phenoxy) is 1. The first-order valence-electron chi connectivity index (χ1n) is 7.90. The van der Waals surface area contributed by atoms with Crippen LogP contribution < -0.4 is 5.32 Å². The van der Waals surface area contributed by atoms with Crippen LogP contribution in [0.1, 0.15) is 33.6 Å². The Morgan fingerprint density at radius 1 is 1.08 bits per heavy atom. The van der Waals surface area contributed by atoms with Crippen molar-refractivity contribution in [1.29, 1.82) is 0 Å². The van der Waals surface area contributed by atoms with Crippen LogP contribution in [0.3, 0.4) is 0 Å². The third-order valence-corrected chi connectivity index (χ3v) is 5.36. The van der Waals surface area contributed by atoms with Crippen LogP contribution in [0.4, 0.5) is 5.69 Å². The average Bonchev–Trinajstić information content (AvgIpc) is 2.54. The van der Waals surface area contributed by atoms with Gasteiger partial charge in [0.1, 0.15) is 0 Å². The van der Waals surface area contributed by atoms with Gasteiger partial charge in [0, 0.05) is 25.2 Å². The van der Waals surface area contributed by atoms with E-state index in [0.717, 1.165) is 0 Å². The van der Waals surface area contributed by atoms with E-state index in [1.807, 2.05) is 6.92 Å². The summed E-state index contributed by atoms with van der Waals surface area (Å²) in [5.41, 5.74) is 0.435. The molecule has 1 aromatic rings. The van der Waals surface area contributed by atoms with Gasteiger partial charge in [0.25, 0.3) is 5.91 Å². The summed E-state index contributed by atoms with van der Waals surface area (Å²) in [7, 11) is -3.52. The Balaban J connectivity index is 2.68. The second-order valence-electron chi connectivity index (χ2n) is 5.07. The highest BCUT2D eigenvalue weighted by Gasteiger charge is 2.21. The molecule has 134 valence electrons. The Hall–Kier alpha value is -1.93. The minimum Gasteiger partial charge on any atom is -0.456 e. The maximum atomic E-state index is 12.3. The first kappa shape index (κ1) is 20.1. The topological polar surface area (TPSA) is 92.8 Å². The smallest absolute Gasteiger partial charge is 0.306 e. The van der Waals surface area contributed by atoms with Crippen molar-refractivity contribution in [3.05, 3.63) is 24.3 Å². The Bertz CT molecular complexity index is 652. The summed E-state index contributed by atoms with van der Waals surface area (Å²) >= 11 is 0. The van der Waals surface area contributed by atoms with Crippen molar-refractivity contribution in [2.24, 2.45) is 0 Å². The largest absolute Gasteiger partial charge is 0.456 e. The maximum Gasteiger partial charge on any atom is 0.306 e. The molecule has 0 bridgehead atoms. The summed E-state index contributed by atoms with van der Waals surface area (Å²) in [6.07, 6.45) is 0.925. The molecule has 0 heterocycles. The van der Waals surface area contributed by atoms with E-state index in [4.69, 9.17) is 4.74 Å². The highest BCUT2D eigenvalue weighted by Crippen LogP contribution is 2.18. The van der Waals surface area contributed by atoms with Crippen molar-refractivity contribution in [2.45, 2.75) is 38.5 Å². The van der Waals surface area contributed by atoms with Gasteiger partial charge in [-0.25, -0.2) is 8.42 Å². The maximum absolute atomic E-state index is 12.3. The third kappa shape index (κ3) is 5.61. The summed E-state index contributed by atoms with van der Waals surface area (Å²) in [5, 5.41) is 2.55. The summed E-state index contributed by atoms with van der Waals surface area (Å²) in [5.74, 6) is -0.896. The molecule has 0 aliphatic carbocycles. The van der Waals surface area contributed by atoms with Gasteiger partial charge in [0.15, 0.2) is 6.61 Å². The van der Waals surface area contributed by atoms with Crippen LogP contribution in [0, 0.1) is 0 Å². The van der Waals surface area contributed by atoms with Gasteiger partial charge in [0.05, 0.1) is 4.90 Å². The molecule has 8 heteroatoms. The monoisotopic (exact) mass is 356 g/mol. The zero-order valence-corrected chi connectivity index (χ0v) is 15.1. The number of nitrogens with zero attached hydrogens (tertiary/aromatic N) is 1. The zero-order chi connectivity index (χ0) is 18.2. The van der Waals surface area contributed by atoms with Crippen LogP contribution in [0.25, 0.3) is 0 Å². The number of rotatable bonds is 9. The molecule has 0 atom stereocenters. The summed E-state index contributed by atoms with van der Waals surface area (Å²) < 4.78 is 30.9. The number of amides is 1. The van der Waals surface area contributed by atoms with E-state index in [-0.39, 0.29) is 17.9 Å². The predicted molar refractivity (Wildman–Crippen MR) is 91.0 cm³/mol. The lowest BCUT2D eigenvalue weighted by Gasteiger charge is -2.18. The van der Waals surface area contributed by atoms with Gasteiger partial charge >= 0.3 is 5.97 Å². The van der Waals surface area contributed by atoms with Crippen molar-refractivity contribution >= 4 is 27.6 Å². The molecule has 1 rings (SSSR count). The average molecular weight is 356 g/mol. The van der Waals surface area contributed by atoms with Gasteiger partial charge < -0.3 is 10.1 Å². The van der Waals surface area contributed by atoms with E-state index in [2.05, 4.69) is 5.32 Å². The number of nitrogens with one attached hydrogen (secondary N) is 1. The second-order valence-corrected chi connectivity index (χ2v) is 7.01. The van der Waals surface area contributed by atoms with Crippen molar-refractivity contribution in [3.8, 4) is 0 Å². The van der Waals surface area contributed by atoms with E-state index in [1.54, 1.807) is 13.8 Å². The number of benzene rings is 1. The third-order valence-electron chi connectivity index (χ3n) is 3.30. The molecule has 0 spiro atoms. The Morgan fingerprint density at radius 2 is 1.67 bits per heavy atom. The molecule has 1 N–H and O–H groups in total. The molecule has 7 nitrogen and oxygen atoms in total. The quantitative estimate of drug-likeness (QED) is 0.683. The van der Waals surface area contributed by atoms with Gasteiger partial charge in [-0.3, -0.25) is 9.59 Å². The molecule has 24 heavy (non-hydrogen) atoms. The van der Waals surface area contributed by atoms with Gasteiger partial charge in [-0.2, -0.15) is 4.31 Å². The minimum absolute atomic E-state index is 0.165. The van der Waals surface area contributed by atoms with Gasteiger partial charge in [-0.15, -0.1) is 0 Å². The standard InChI is InChI=1S/C16H24N2O5S/c1-4-7-16(20)23-12-15(19)17-13-8-10-14(11-9-13)24(21,22)18(5-2)6-3/h8-11H,4-7,12H2,1-3H3,(H,17,19). The first-order chi connectivity index (χ1) is 11.3. The van der Waals surface area contributed by atoms with Crippen LogP contribution >= 0.6 is 0 Å². The molecule has 0 aromatic heterocycles. The van der Waals surface area contributed by atoms with Crippen LogP contribution in [0.5, 0.6) is 0 Å². The number of hydrogen-bond acceptors (Lipinski definition) is 5. The van der Waals surface area contributed by atoms with E-state index >= 15 is 0 Å². The van der Waals surface area contributed by atoms with Crippen molar-refractivity contribution in [1.82, 2.24) is 4.31 Å². The van der Waals surface area contributed by atoms with Crippen molar-refractivity contribution in [2.75, 3.05) is 25.0 Å². The normalized spacial score (nSPS) is 11.3. The van der Waals surface area contributed by atoms with Crippen LogP contribution in [0.15, 0.2) is 29.2 Å². The number of hydrogen-bond donors (Lipinski definition) is 1. The fourth-order valence-corrected chi connectivity index (χ4v) is 3.50. The molecular formula is C16H24N2O5S. The summed E-state index contributed by atoms with van der Waals surface area (Å²) in [6, 6.07) is 5.88. The van der Waals surface area contributed by atoms with Crippen LogP contribution in [0.2, 0.25) is 0 Å². The van der Waals surface area contributed by atoms with Crippen LogP contribution in [-0.4, -0.2) is 44.3 Å². The molecule has 0 aliphatic heterocycles. The number of carbonyl (C=O) groups is 2. The van der Waals surface area contributed by atoms with Gasteiger partial charge in [0.2, 0.25) is 10.0 Å². The molecule has 1 aromatic carbocycles. The highest BCUT2D eigenvalue weighted by molar-refractivity contribution is 7.89. The lowest BCUT2D eigenvalue weighted by Crippen LogP contribution is -2.30. The number of carbonyl (C=O) groups excluding carboxylic acids is 2. The molecule has 0 radical (unpaired) electrons. The highest BCUT2D eigenvalue weighted by atomic mass is 32.2. The Kier molecular flexibility index (Phi) is 7.87. The Labute approximate surface area is 143 Å². The molecule has 0 unspecified atom stereocenters. The van der Waals surface area contributed by atoms with E-state index < -0.39 is 21.9 Å². The second kappa shape index (κ2) is 9.39. The number of anilines is 1. The number of sulfonamides is 1. The molecule has 0 aliphatic rings. The van der Waals surface area contributed by atoms with Gasteiger partial charge in [-0.05, 0) is 30.7 Å².